The number of Topliss-reactive ketones (excluding diaryl/α,β-unsaturated/α-hetero) is 1. The van der Waals surface area contributed by atoms with E-state index in [1.54, 1.807) is 27.9 Å². The molecule has 1 aliphatic carbocycles. The number of likely N-dealkylation sites (N-methyl/N-ethyl adjacent to an activating group) is 1. The summed E-state index contributed by atoms with van der Waals surface area (Å²) < 4.78 is 11.6. The summed E-state index contributed by atoms with van der Waals surface area (Å²) in [4.78, 5) is 39.6. The zero-order valence-electron chi connectivity index (χ0n) is 19.4. The molecule has 10 nitrogen and oxygen atoms in total. The van der Waals surface area contributed by atoms with Crippen molar-refractivity contribution in [2.45, 2.75) is 69.7 Å². The van der Waals surface area contributed by atoms with Gasteiger partial charge in [-0.3, -0.25) is 14.4 Å². The molecule has 0 unspecified atom stereocenters. The number of aliphatic carboxylic acids is 1. The largest absolute Gasteiger partial charge is 0.507 e. The van der Waals surface area contributed by atoms with E-state index in [2.05, 4.69) is 0 Å². The summed E-state index contributed by atoms with van der Waals surface area (Å²) in [5.74, 6) is -3.28. The molecule has 1 saturated heterocycles. The molecule has 4 rings (SSSR count). The molecule has 1 aromatic carbocycles. The van der Waals surface area contributed by atoms with Gasteiger partial charge in [0, 0.05) is 29.2 Å². The second-order valence-electron chi connectivity index (χ2n) is 9.42. The number of aromatic hydroxyl groups is 2. The molecule has 2 aliphatic heterocycles. The maximum absolute atomic E-state index is 13.5. The Morgan fingerprint density at radius 2 is 1.79 bits per heavy atom. The van der Waals surface area contributed by atoms with Gasteiger partial charge >= 0.3 is 5.97 Å². The van der Waals surface area contributed by atoms with E-state index in [4.69, 9.17) is 14.6 Å². The average Bonchev–Trinajstić information content (AvgIpc) is 2.74. The number of hydrogen-bond donors (Lipinski definition) is 4. The lowest BCUT2D eigenvalue weighted by Gasteiger charge is -2.42. The quantitative estimate of drug-likeness (QED) is 0.469. The van der Waals surface area contributed by atoms with Crippen molar-refractivity contribution in [1.82, 2.24) is 4.90 Å². The standard InChI is InChI=1S/C24H29NO9/c1-9-18-13(5-11(33-9)6-17(27)28)23(31)19-15(26)7-12(22(30)20(19)24(18)32)16-8-14(25(3)4)21(29)10(2)34-16/h7,9-11,14,16,21,29,31-32H,5-6,8H2,1-4H3,(H,27,28)/t9-,10-,11-,14+,16-,21-/m1/s1. The lowest BCUT2D eigenvalue weighted by atomic mass is 9.78. The molecule has 2 heterocycles. The third-order valence-corrected chi connectivity index (χ3v) is 6.97. The zero-order valence-corrected chi connectivity index (χ0v) is 19.4. The van der Waals surface area contributed by atoms with E-state index in [0.29, 0.717) is 0 Å². The van der Waals surface area contributed by atoms with Crippen molar-refractivity contribution >= 4 is 17.5 Å². The molecule has 0 amide bonds. The molecule has 34 heavy (non-hydrogen) atoms. The number of fused-ring (bicyclic) bond motifs is 2. The molecule has 184 valence electrons. The Hall–Kier alpha value is -2.79. The minimum Gasteiger partial charge on any atom is -0.507 e. The Morgan fingerprint density at radius 3 is 2.41 bits per heavy atom. The third kappa shape index (κ3) is 3.90. The Morgan fingerprint density at radius 1 is 1.12 bits per heavy atom. The van der Waals surface area contributed by atoms with Crippen molar-refractivity contribution in [2.75, 3.05) is 14.1 Å². The molecule has 1 aromatic rings. The Balaban J connectivity index is 1.76. The first-order chi connectivity index (χ1) is 15.9. The average molecular weight is 475 g/mol. The van der Waals surface area contributed by atoms with Gasteiger partial charge in [-0.2, -0.15) is 0 Å². The topological polar surface area (TPSA) is 154 Å². The highest BCUT2D eigenvalue weighted by molar-refractivity contribution is 6.27. The van der Waals surface area contributed by atoms with Gasteiger partial charge in [-0.1, -0.05) is 0 Å². The van der Waals surface area contributed by atoms with Crippen LogP contribution in [0, 0.1) is 0 Å². The van der Waals surface area contributed by atoms with Crippen LogP contribution in [0.1, 0.15) is 64.6 Å². The van der Waals surface area contributed by atoms with E-state index in [1.807, 2.05) is 4.90 Å². The number of nitrogens with zero attached hydrogens (tertiary/aromatic N) is 1. The molecule has 4 N–H and O–H groups in total. The number of phenolic OH excluding ortho intramolecular Hbond substituents is 2. The van der Waals surface area contributed by atoms with Crippen molar-refractivity contribution in [3.05, 3.63) is 33.9 Å². The number of ether oxygens (including phenoxy) is 2. The number of rotatable bonds is 4. The van der Waals surface area contributed by atoms with E-state index in [9.17, 15) is 29.7 Å². The second-order valence-corrected chi connectivity index (χ2v) is 9.42. The van der Waals surface area contributed by atoms with Crippen molar-refractivity contribution in [3.8, 4) is 11.5 Å². The van der Waals surface area contributed by atoms with Crippen LogP contribution in [-0.2, 0) is 20.7 Å². The normalized spacial score (nSPS) is 31.2. The second kappa shape index (κ2) is 8.77. The molecule has 0 bridgehead atoms. The van der Waals surface area contributed by atoms with Gasteiger partial charge in [0.1, 0.15) is 11.5 Å². The molecular weight excluding hydrogens is 446 g/mol. The summed E-state index contributed by atoms with van der Waals surface area (Å²) >= 11 is 0. The van der Waals surface area contributed by atoms with Crippen LogP contribution in [0.2, 0.25) is 0 Å². The summed E-state index contributed by atoms with van der Waals surface area (Å²) in [6.45, 7) is 3.27. The number of aliphatic hydroxyl groups is 1. The number of ketones is 2. The molecule has 0 spiro atoms. The predicted molar refractivity (Wildman–Crippen MR) is 118 cm³/mol. The monoisotopic (exact) mass is 475 g/mol. The number of carbonyl (C=O) groups excluding carboxylic acids is 2. The van der Waals surface area contributed by atoms with Gasteiger partial charge in [0.2, 0.25) is 0 Å². The first kappa shape index (κ1) is 24.3. The molecule has 3 aliphatic rings. The zero-order chi connectivity index (χ0) is 25.1. The van der Waals surface area contributed by atoms with Gasteiger partial charge in [-0.15, -0.1) is 0 Å². The summed E-state index contributed by atoms with van der Waals surface area (Å²) in [6, 6.07) is -0.316. The van der Waals surface area contributed by atoms with Crippen LogP contribution < -0.4 is 0 Å². The van der Waals surface area contributed by atoms with Crippen LogP contribution in [-0.4, -0.2) is 87.4 Å². The van der Waals surface area contributed by atoms with E-state index >= 15 is 0 Å². The number of benzene rings is 1. The van der Waals surface area contributed by atoms with Gasteiger partial charge in [0.25, 0.3) is 0 Å². The van der Waals surface area contributed by atoms with Crippen LogP contribution >= 0.6 is 0 Å². The smallest absolute Gasteiger partial charge is 0.305 e. The number of allylic oxidation sites excluding steroid dienone is 1. The minimum atomic E-state index is -1.08. The van der Waals surface area contributed by atoms with Crippen molar-refractivity contribution < 1.29 is 44.3 Å². The number of hydrogen-bond acceptors (Lipinski definition) is 9. The van der Waals surface area contributed by atoms with Gasteiger partial charge in [-0.25, -0.2) is 0 Å². The highest BCUT2D eigenvalue weighted by Crippen LogP contribution is 2.48. The first-order valence-corrected chi connectivity index (χ1v) is 11.2. The number of aliphatic hydroxyl groups excluding tert-OH is 1. The maximum Gasteiger partial charge on any atom is 0.305 e. The molecule has 10 heteroatoms. The van der Waals surface area contributed by atoms with Crippen LogP contribution in [0.15, 0.2) is 11.6 Å². The molecule has 0 radical (unpaired) electrons. The number of carboxylic acid groups (broad SMARTS) is 1. The van der Waals surface area contributed by atoms with Crippen LogP contribution in [0.4, 0.5) is 0 Å². The summed E-state index contributed by atoms with van der Waals surface area (Å²) in [5.41, 5.74) is -0.195. The fourth-order valence-corrected chi connectivity index (χ4v) is 5.29. The van der Waals surface area contributed by atoms with E-state index in [0.717, 1.165) is 6.08 Å². The van der Waals surface area contributed by atoms with Crippen LogP contribution in [0.5, 0.6) is 11.5 Å². The van der Waals surface area contributed by atoms with E-state index in [-0.39, 0.29) is 53.1 Å². The Bertz CT molecular complexity index is 1090. The van der Waals surface area contributed by atoms with Gasteiger partial charge < -0.3 is 34.8 Å². The number of carbonyl (C=O) groups is 3. The maximum atomic E-state index is 13.5. The Kier molecular flexibility index (Phi) is 6.28. The first-order valence-electron chi connectivity index (χ1n) is 11.2. The predicted octanol–water partition coefficient (Wildman–Crippen LogP) is 1.35. The van der Waals surface area contributed by atoms with Crippen molar-refractivity contribution in [3.63, 3.8) is 0 Å². The molecule has 0 aromatic heterocycles. The van der Waals surface area contributed by atoms with Gasteiger partial charge in [-0.05, 0) is 40.4 Å². The number of phenols is 2. The van der Waals surface area contributed by atoms with Gasteiger partial charge in [0.15, 0.2) is 11.6 Å². The van der Waals surface area contributed by atoms with E-state index in [1.165, 1.54) is 0 Å². The fourth-order valence-electron chi connectivity index (χ4n) is 5.29. The van der Waals surface area contributed by atoms with E-state index < -0.39 is 59.6 Å². The van der Waals surface area contributed by atoms with Gasteiger partial charge in [0.05, 0.1) is 48.1 Å². The van der Waals surface area contributed by atoms with Crippen LogP contribution in [0.25, 0.3) is 0 Å². The summed E-state index contributed by atoms with van der Waals surface area (Å²) in [7, 11) is 3.60. The summed E-state index contributed by atoms with van der Waals surface area (Å²) in [5, 5.41) is 41.6. The highest BCUT2D eigenvalue weighted by Gasteiger charge is 2.44. The van der Waals surface area contributed by atoms with Crippen molar-refractivity contribution in [1.29, 1.82) is 0 Å². The SMILES string of the molecule is C[C@H]1O[C@@H](CC(=O)O)Cc2c(O)c3c(c(O)c21)C(=O)C([C@H]1C[C@H](N(C)C)[C@H](O)[C@@H](C)O1)=CC3=O. The molecular formula is C24H29NO9. The fraction of sp³-hybridized carbons (Fsp3) is 0.542. The number of carboxylic acids is 1. The minimum absolute atomic E-state index is 0.0255. The highest BCUT2D eigenvalue weighted by atomic mass is 16.5. The lowest BCUT2D eigenvalue weighted by molar-refractivity contribution is -0.141. The molecule has 6 atom stereocenters. The van der Waals surface area contributed by atoms with Crippen LogP contribution in [0.3, 0.4) is 0 Å². The summed E-state index contributed by atoms with van der Waals surface area (Å²) in [6.07, 6.45) is -2.69. The molecule has 1 fully saturated rings. The third-order valence-electron chi connectivity index (χ3n) is 6.97. The van der Waals surface area contributed by atoms with Crippen molar-refractivity contribution in [2.24, 2.45) is 0 Å². The lowest BCUT2D eigenvalue weighted by Crippen LogP contribution is -2.53. The Labute approximate surface area is 196 Å². The molecule has 0 saturated carbocycles.